The molecule has 2 aliphatic heterocycles. The molecule has 3 heterocycles. The van der Waals surface area contributed by atoms with Crippen LogP contribution in [-0.4, -0.2) is 65.1 Å². The van der Waals surface area contributed by atoms with Crippen LogP contribution in [0.25, 0.3) is 0 Å². The van der Waals surface area contributed by atoms with Gasteiger partial charge in [0.05, 0.1) is 16.7 Å². The first-order valence-electron chi connectivity index (χ1n) is 12.2. The molecule has 1 unspecified atom stereocenters. The van der Waals surface area contributed by atoms with E-state index in [0.29, 0.717) is 55.5 Å². The maximum atomic E-state index is 13.6. The molecule has 0 radical (unpaired) electrons. The van der Waals surface area contributed by atoms with E-state index in [2.05, 4.69) is 11.1 Å². The van der Waals surface area contributed by atoms with Crippen LogP contribution in [0, 0.1) is 22.7 Å². The van der Waals surface area contributed by atoms with Crippen molar-refractivity contribution in [1.29, 1.82) is 5.26 Å². The quantitative estimate of drug-likeness (QED) is 0.600. The van der Waals surface area contributed by atoms with Gasteiger partial charge in [-0.3, -0.25) is 15.0 Å². The molecule has 0 bridgehead atoms. The molecule has 2 N–H and O–H groups in total. The minimum atomic E-state index is -0.689. The Morgan fingerprint density at radius 2 is 1.92 bits per heavy atom. The minimum absolute atomic E-state index is 0.0430. The Balaban J connectivity index is 1.61. The average molecular weight is 509 g/mol. The van der Waals surface area contributed by atoms with Gasteiger partial charge in [-0.05, 0) is 43.5 Å². The Labute approximate surface area is 216 Å². The molecule has 9 heteroatoms. The zero-order valence-electron chi connectivity index (χ0n) is 20.6. The second-order valence-corrected chi connectivity index (χ2v) is 10.1. The number of benzene rings is 1. The molecule has 0 aliphatic carbocycles. The number of halogens is 1. The fraction of sp³-hybridized carbons (Fsp3) is 0.444. The van der Waals surface area contributed by atoms with Gasteiger partial charge in [0.15, 0.2) is 0 Å². The van der Waals surface area contributed by atoms with E-state index in [4.69, 9.17) is 21.7 Å². The molecular weight excluding hydrogens is 478 g/mol. The Bertz CT molecular complexity index is 1160. The summed E-state index contributed by atoms with van der Waals surface area (Å²) in [4.78, 5) is 33.3. The Hall–Kier alpha value is -3.44. The third-order valence-electron chi connectivity index (χ3n) is 7.62. The van der Waals surface area contributed by atoms with Crippen molar-refractivity contribution in [2.24, 2.45) is 11.3 Å². The van der Waals surface area contributed by atoms with E-state index in [-0.39, 0.29) is 23.7 Å². The first kappa shape index (κ1) is 25.6. The van der Waals surface area contributed by atoms with E-state index in [1.807, 2.05) is 24.0 Å². The number of aromatic nitrogens is 1. The molecule has 2 saturated heterocycles. The van der Waals surface area contributed by atoms with E-state index in [9.17, 15) is 14.9 Å². The number of nitrogens with two attached hydrogens (primary N) is 1. The summed E-state index contributed by atoms with van der Waals surface area (Å²) in [5.74, 6) is 0.274. The van der Waals surface area contributed by atoms with Crippen LogP contribution < -0.4 is 10.1 Å². The van der Waals surface area contributed by atoms with Gasteiger partial charge in [0.25, 0.3) is 0 Å². The van der Waals surface area contributed by atoms with E-state index >= 15 is 0 Å². The van der Waals surface area contributed by atoms with Crippen molar-refractivity contribution in [3.8, 4) is 11.9 Å². The largest absolute Gasteiger partial charge is 0.473 e. The number of hydrogen-bond acceptors (Lipinski definition) is 5. The first-order chi connectivity index (χ1) is 17.3. The smallest absolute Gasteiger partial charge is 0.225 e. The highest BCUT2D eigenvalue weighted by molar-refractivity contribution is 6.30. The topological polar surface area (TPSA) is 112 Å². The summed E-state index contributed by atoms with van der Waals surface area (Å²) < 4.78 is 6.24. The van der Waals surface area contributed by atoms with Crippen LogP contribution in [0.15, 0.2) is 42.6 Å². The number of nitrogens with zero attached hydrogens (tertiary/aromatic N) is 4. The van der Waals surface area contributed by atoms with E-state index in [1.165, 1.54) is 6.20 Å². The predicted molar refractivity (Wildman–Crippen MR) is 135 cm³/mol. The van der Waals surface area contributed by atoms with Crippen LogP contribution in [-0.2, 0) is 9.59 Å². The number of carbonyl (C=O) groups excluding carboxylic acids is 2. The Kier molecular flexibility index (Phi) is 7.60. The van der Waals surface area contributed by atoms with Crippen molar-refractivity contribution in [2.45, 2.75) is 38.7 Å². The van der Waals surface area contributed by atoms with Gasteiger partial charge in [-0.2, -0.15) is 5.26 Å². The monoisotopic (exact) mass is 508 g/mol. The highest BCUT2D eigenvalue weighted by Gasteiger charge is 2.55. The number of ether oxygens (including phenoxy) is 1. The lowest BCUT2D eigenvalue weighted by atomic mass is 9.71. The van der Waals surface area contributed by atoms with Gasteiger partial charge in [0, 0.05) is 57.2 Å². The zero-order valence-corrected chi connectivity index (χ0v) is 21.3. The number of likely N-dealkylation sites (tertiary alicyclic amines) is 2. The SMILES string of the molecule is CC(=O)N1CCC(C(=O)N2C[C@H](c3ccc(C#N)cc3)C(C=[NH2+])([C@H](C)Oc3ccc(Cl)cn3)C2)CC1. The second-order valence-electron chi connectivity index (χ2n) is 9.64. The van der Waals surface area contributed by atoms with Crippen LogP contribution >= 0.6 is 11.6 Å². The average Bonchev–Trinajstić information content (AvgIpc) is 3.31. The maximum Gasteiger partial charge on any atom is 0.225 e. The Morgan fingerprint density at radius 1 is 1.22 bits per heavy atom. The van der Waals surface area contributed by atoms with Gasteiger partial charge in [0.1, 0.15) is 17.7 Å². The molecule has 0 saturated carbocycles. The van der Waals surface area contributed by atoms with Crippen molar-refractivity contribution in [3.63, 3.8) is 0 Å². The molecular formula is C27H31ClN5O3+. The zero-order chi connectivity index (χ0) is 25.9. The lowest BCUT2D eigenvalue weighted by Gasteiger charge is -2.34. The number of amides is 2. The normalized spacial score (nSPS) is 23.1. The Morgan fingerprint density at radius 3 is 2.47 bits per heavy atom. The summed E-state index contributed by atoms with van der Waals surface area (Å²) >= 11 is 5.98. The number of pyridine rings is 1. The maximum absolute atomic E-state index is 13.6. The van der Waals surface area contributed by atoms with Gasteiger partial charge in [-0.15, -0.1) is 0 Å². The summed E-state index contributed by atoms with van der Waals surface area (Å²) in [7, 11) is 0. The molecule has 8 nitrogen and oxygen atoms in total. The van der Waals surface area contributed by atoms with Crippen molar-refractivity contribution in [2.75, 3.05) is 26.2 Å². The number of hydrogen-bond donors (Lipinski definition) is 1. The van der Waals surface area contributed by atoms with E-state index in [0.717, 1.165) is 5.56 Å². The van der Waals surface area contributed by atoms with Gasteiger partial charge >= 0.3 is 0 Å². The molecule has 1 aromatic carbocycles. The van der Waals surface area contributed by atoms with E-state index in [1.54, 1.807) is 42.3 Å². The van der Waals surface area contributed by atoms with Crippen molar-refractivity contribution in [3.05, 3.63) is 58.7 Å². The fourth-order valence-corrected chi connectivity index (χ4v) is 5.52. The number of carbonyl (C=O) groups is 2. The molecule has 36 heavy (non-hydrogen) atoms. The molecule has 4 rings (SSSR count). The summed E-state index contributed by atoms with van der Waals surface area (Å²) in [5.41, 5.74) is 0.862. The highest BCUT2D eigenvalue weighted by atomic mass is 35.5. The first-order valence-corrected chi connectivity index (χ1v) is 12.5. The van der Waals surface area contributed by atoms with Crippen LogP contribution in [0.5, 0.6) is 5.88 Å². The standard InChI is InChI=1S/C27H30ClN5O3/c1-18(36-25-8-7-23(28)14-31-25)27(16-30)17-33(15-24(27)21-5-3-20(13-29)4-6-21)26(35)22-9-11-32(12-10-22)19(2)34/h3-8,14,16,18,22,24,30H,9-12,15,17H2,1-2H3/p+1/t18-,24+,27?/m0/s1. The summed E-state index contributed by atoms with van der Waals surface area (Å²) in [6.07, 6.45) is 4.07. The molecule has 1 aromatic heterocycles. The van der Waals surface area contributed by atoms with Crippen molar-refractivity contribution in [1.82, 2.24) is 14.8 Å². The van der Waals surface area contributed by atoms with Crippen LogP contribution in [0.1, 0.15) is 43.7 Å². The fourth-order valence-electron chi connectivity index (χ4n) is 5.41. The van der Waals surface area contributed by atoms with Crippen molar-refractivity contribution >= 4 is 29.6 Å². The molecule has 2 amide bonds. The molecule has 0 spiro atoms. The van der Waals surface area contributed by atoms with Crippen LogP contribution in [0.4, 0.5) is 0 Å². The highest BCUT2D eigenvalue weighted by Crippen LogP contribution is 2.45. The number of nitriles is 1. The van der Waals surface area contributed by atoms with E-state index < -0.39 is 11.5 Å². The molecule has 3 atom stereocenters. The van der Waals surface area contributed by atoms with Gasteiger partial charge in [-0.25, -0.2) is 4.98 Å². The van der Waals surface area contributed by atoms with Crippen LogP contribution in [0.2, 0.25) is 5.02 Å². The van der Waals surface area contributed by atoms with Crippen LogP contribution in [0.3, 0.4) is 0 Å². The lowest BCUT2D eigenvalue weighted by Crippen LogP contribution is -2.53. The minimum Gasteiger partial charge on any atom is -0.473 e. The second kappa shape index (κ2) is 10.7. The molecule has 2 aliphatic rings. The molecule has 2 fully saturated rings. The summed E-state index contributed by atoms with van der Waals surface area (Å²) in [5, 5.41) is 16.1. The predicted octanol–water partition coefficient (Wildman–Crippen LogP) is 2.07. The molecule has 188 valence electrons. The number of rotatable bonds is 6. The van der Waals surface area contributed by atoms with Gasteiger partial charge < -0.3 is 14.5 Å². The van der Waals surface area contributed by atoms with Gasteiger partial charge in [0.2, 0.25) is 17.7 Å². The molecule has 2 aromatic rings. The third kappa shape index (κ3) is 5.07. The summed E-state index contributed by atoms with van der Waals surface area (Å²) in [6, 6.07) is 13.0. The lowest BCUT2D eigenvalue weighted by molar-refractivity contribution is -0.140. The van der Waals surface area contributed by atoms with Gasteiger partial charge in [-0.1, -0.05) is 23.7 Å². The summed E-state index contributed by atoms with van der Waals surface area (Å²) in [6.45, 7) is 5.56. The third-order valence-corrected chi connectivity index (χ3v) is 7.85. The number of piperidine rings is 1. The van der Waals surface area contributed by atoms with Crippen molar-refractivity contribution < 1.29 is 19.7 Å².